The molecule has 2 fully saturated rings. The van der Waals surface area contributed by atoms with Crippen LogP contribution in [0.1, 0.15) is 63.9 Å². The summed E-state index contributed by atoms with van der Waals surface area (Å²) in [5.74, 6) is 4.63. The number of terminal acetylenes is 1. The normalized spacial score (nSPS) is 39.7. The molecule has 2 aliphatic carbocycles. The number of hydrogen-bond acceptors (Lipinski definition) is 2. The zero-order chi connectivity index (χ0) is 16.7. The van der Waals surface area contributed by atoms with Gasteiger partial charge in [-0.25, -0.2) is 0 Å². The molecule has 0 amide bonds. The van der Waals surface area contributed by atoms with E-state index in [2.05, 4.69) is 31.9 Å². The molecule has 0 aliphatic heterocycles. The molecule has 0 spiro atoms. The Kier molecular flexibility index (Phi) is 4.19. The number of phenolic OH excluding ortho intramolecular Hbond substituents is 1. The van der Waals surface area contributed by atoms with Crippen LogP contribution in [-0.4, -0.2) is 15.8 Å². The molecule has 2 heteroatoms. The van der Waals surface area contributed by atoms with Gasteiger partial charge in [-0.05, 0) is 67.6 Å². The highest BCUT2D eigenvalue weighted by Gasteiger charge is 2.61. The molecule has 2 saturated carbocycles. The Balaban J connectivity index is 1.97. The minimum Gasteiger partial charge on any atom is -0.508 e. The molecule has 124 valence electrons. The highest BCUT2D eigenvalue weighted by atomic mass is 16.3. The Morgan fingerprint density at radius 1 is 1.17 bits per heavy atom. The summed E-state index contributed by atoms with van der Waals surface area (Å²) in [4.78, 5) is 0. The smallest absolute Gasteiger partial charge is 0.131 e. The van der Waals surface area contributed by atoms with Crippen molar-refractivity contribution in [3.05, 3.63) is 29.8 Å². The largest absolute Gasteiger partial charge is 0.508 e. The second-order valence-corrected chi connectivity index (χ2v) is 7.47. The number of fused-ring (bicyclic) bond motifs is 1. The summed E-state index contributed by atoms with van der Waals surface area (Å²) >= 11 is 0. The van der Waals surface area contributed by atoms with E-state index in [0.29, 0.717) is 23.5 Å². The Labute approximate surface area is 139 Å². The maximum Gasteiger partial charge on any atom is 0.131 e. The molecule has 2 aliphatic rings. The van der Waals surface area contributed by atoms with Gasteiger partial charge < -0.3 is 10.2 Å². The first-order valence-electron chi connectivity index (χ1n) is 9.00. The first kappa shape index (κ1) is 16.4. The Morgan fingerprint density at radius 3 is 2.43 bits per heavy atom. The lowest BCUT2D eigenvalue weighted by atomic mass is 9.53. The number of rotatable bonds is 3. The zero-order valence-electron chi connectivity index (χ0n) is 14.3. The molecule has 0 aromatic heterocycles. The van der Waals surface area contributed by atoms with Crippen molar-refractivity contribution in [2.75, 3.05) is 0 Å². The predicted molar refractivity (Wildman–Crippen MR) is 93.1 cm³/mol. The van der Waals surface area contributed by atoms with E-state index < -0.39 is 5.60 Å². The molecule has 0 radical (unpaired) electrons. The molecule has 0 bridgehead atoms. The highest BCUT2D eigenvalue weighted by molar-refractivity contribution is 5.31. The summed E-state index contributed by atoms with van der Waals surface area (Å²) in [6.07, 6.45) is 11.7. The summed E-state index contributed by atoms with van der Waals surface area (Å²) in [6.45, 7) is 4.45. The van der Waals surface area contributed by atoms with Crippen molar-refractivity contribution in [2.24, 2.45) is 17.3 Å². The fourth-order valence-corrected chi connectivity index (χ4v) is 5.77. The second kappa shape index (κ2) is 5.87. The first-order chi connectivity index (χ1) is 11.0. The van der Waals surface area contributed by atoms with Gasteiger partial charge >= 0.3 is 0 Å². The van der Waals surface area contributed by atoms with E-state index >= 15 is 0 Å². The van der Waals surface area contributed by atoms with E-state index in [4.69, 9.17) is 6.42 Å². The molecule has 0 saturated heterocycles. The lowest BCUT2D eigenvalue weighted by Crippen LogP contribution is -2.50. The molecule has 0 heterocycles. The second-order valence-electron chi connectivity index (χ2n) is 7.47. The molecule has 5 atom stereocenters. The van der Waals surface area contributed by atoms with Gasteiger partial charge in [0.15, 0.2) is 0 Å². The summed E-state index contributed by atoms with van der Waals surface area (Å²) in [6, 6.07) is 7.69. The van der Waals surface area contributed by atoms with Crippen LogP contribution < -0.4 is 0 Å². The van der Waals surface area contributed by atoms with Crippen molar-refractivity contribution in [1.29, 1.82) is 0 Å². The molecule has 3 rings (SSSR count). The topological polar surface area (TPSA) is 40.5 Å². The van der Waals surface area contributed by atoms with Crippen molar-refractivity contribution in [3.63, 3.8) is 0 Å². The van der Waals surface area contributed by atoms with Gasteiger partial charge in [0.1, 0.15) is 11.4 Å². The Bertz CT molecular complexity index is 599. The Hall–Kier alpha value is -1.46. The van der Waals surface area contributed by atoms with Gasteiger partial charge in [0.2, 0.25) is 0 Å². The SMILES string of the molecule is C#C[C@]1(O)CC[C@H]2[C@H](CC)[C@@H](c3ccc(O)cc3)CC[C@@]21CC. The monoisotopic (exact) mass is 312 g/mol. The molecule has 23 heavy (non-hydrogen) atoms. The predicted octanol–water partition coefficient (Wildman–Crippen LogP) is 4.47. The van der Waals surface area contributed by atoms with Crippen LogP contribution in [-0.2, 0) is 0 Å². The quantitative estimate of drug-likeness (QED) is 0.809. The first-order valence-corrected chi connectivity index (χ1v) is 9.00. The van der Waals surface area contributed by atoms with Crippen molar-refractivity contribution in [3.8, 4) is 18.1 Å². The van der Waals surface area contributed by atoms with Gasteiger partial charge in [-0.15, -0.1) is 6.42 Å². The van der Waals surface area contributed by atoms with Crippen LogP contribution in [0.25, 0.3) is 0 Å². The van der Waals surface area contributed by atoms with Gasteiger partial charge in [0, 0.05) is 5.41 Å². The van der Waals surface area contributed by atoms with Gasteiger partial charge in [-0.1, -0.05) is 38.3 Å². The number of benzene rings is 1. The van der Waals surface area contributed by atoms with Gasteiger partial charge in [0.25, 0.3) is 0 Å². The molecule has 0 unspecified atom stereocenters. The van der Waals surface area contributed by atoms with Crippen LogP contribution in [0.2, 0.25) is 0 Å². The Morgan fingerprint density at radius 2 is 1.87 bits per heavy atom. The third-order valence-electron chi connectivity index (χ3n) is 6.95. The number of aromatic hydroxyl groups is 1. The molecule has 2 N–H and O–H groups in total. The fraction of sp³-hybridized carbons (Fsp3) is 0.619. The summed E-state index contributed by atoms with van der Waals surface area (Å²) < 4.78 is 0. The van der Waals surface area contributed by atoms with Gasteiger partial charge in [0.05, 0.1) is 0 Å². The molecular weight excluding hydrogens is 284 g/mol. The molecule has 1 aromatic rings. The van der Waals surface area contributed by atoms with E-state index in [1.807, 2.05) is 0 Å². The van der Waals surface area contributed by atoms with Crippen molar-refractivity contribution in [1.82, 2.24) is 0 Å². The third kappa shape index (κ3) is 2.29. The van der Waals surface area contributed by atoms with E-state index in [1.165, 1.54) is 5.56 Å². The van der Waals surface area contributed by atoms with Crippen molar-refractivity contribution < 1.29 is 10.2 Å². The molecular formula is C21H28O2. The summed E-state index contributed by atoms with van der Waals surface area (Å²) in [5, 5.41) is 20.6. The van der Waals surface area contributed by atoms with Gasteiger partial charge in [-0.3, -0.25) is 0 Å². The lowest BCUT2D eigenvalue weighted by molar-refractivity contribution is -0.0779. The number of aliphatic hydroxyl groups is 1. The minimum absolute atomic E-state index is 0.115. The molecule has 2 nitrogen and oxygen atoms in total. The zero-order valence-corrected chi connectivity index (χ0v) is 14.3. The van der Waals surface area contributed by atoms with Crippen LogP contribution >= 0.6 is 0 Å². The summed E-state index contributed by atoms with van der Waals surface area (Å²) in [7, 11) is 0. The van der Waals surface area contributed by atoms with Crippen LogP contribution in [0.5, 0.6) is 5.75 Å². The van der Waals surface area contributed by atoms with Gasteiger partial charge in [-0.2, -0.15) is 0 Å². The summed E-state index contributed by atoms with van der Waals surface area (Å²) in [5.41, 5.74) is 0.269. The van der Waals surface area contributed by atoms with E-state index in [0.717, 1.165) is 38.5 Å². The lowest BCUT2D eigenvalue weighted by Gasteiger charge is -2.52. The number of phenols is 1. The molecule has 1 aromatic carbocycles. The van der Waals surface area contributed by atoms with Crippen LogP contribution in [0.3, 0.4) is 0 Å². The maximum atomic E-state index is 11.1. The maximum absolute atomic E-state index is 11.1. The average molecular weight is 312 g/mol. The highest BCUT2D eigenvalue weighted by Crippen LogP contribution is 2.64. The fourth-order valence-electron chi connectivity index (χ4n) is 5.77. The van der Waals surface area contributed by atoms with Crippen molar-refractivity contribution >= 4 is 0 Å². The van der Waals surface area contributed by atoms with Crippen molar-refractivity contribution in [2.45, 2.75) is 63.9 Å². The standard InChI is InChI=1S/C21H28O2/c1-4-17-18(15-7-9-16(22)10-8-15)11-13-20(5-2)19(17)12-14-21(20,23)6-3/h3,7-10,17-19,22-23H,4-5,11-14H2,1-2H3/t17-,18-,19+,20+,21+/m1/s1. The van der Waals surface area contributed by atoms with E-state index in [-0.39, 0.29) is 5.41 Å². The van der Waals surface area contributed by atoms with E-state index in [9.17, 15) is 10.2 Å². The number of hydrogen-bond donors (Lipinski definition) is 2. The van der Waals surface area contributed by atoms with Crippen LogP contribution in [0.4, 0.5) is 0 Å². The van der Waals surface area contributed by atoms with E-state index in [1.54, 1.807) is 12.1 Å². The average Bonchev–Trinajstić information content (AvgIpc) is 2.89. The minimum atomic E-state index is -0.931. The van der Waals surface area contributed by atoms with Crippen LogP contribution in [0.15, 0.2) is 24.3 Å². The third-order valence-corrected chi connectivity index (χ3v) is 6.95. The van der Waals surface area contributed by atoms with Crippen LogP contribution in [0, 0.1) is 29.6 Å².